The van der Waals surface area contributed by atoms with Gasteiger partial charge in [0, 0.05) is 24.9 Å². The molecule has 0 saturated heterocycles. The number of nitrogens with zero attached hydrogens (tertiary/aromatic N) is 2. The second kappa shape index (κ2) is 8.44. The van der Waals surface area contributed by atoms with Crippen LogP contribution in [0.15, 0.2) is 6.20 Å². The lowest BCUT2D eigenvalue weighted by molar-refractivity contribution is 0.0524. The largest absolute Gasteiger partial charge is 0.462 e. The molecule has 1 aromatic heterocycles. The highest BCUT2D eigenvalue weighted by Crippen LogP contribution is 2.29. The van der Waals surface area contributed by atoms with Crippen LogP contribution in [0.4, 0.5) is 0 Å². The van der Waals surface area contributed by atoms with E-state index in [0.717, 1.165) is 25.1 Å². The normalized spacial score (nSPS) is 11.7. The Kier molecular flexibility index (Phi) is 7.25. The van der Waals surface area contributed by atoms with Crippen molar-refractivity contribution in [1.82, 2.24) is 15.1 Å². The quantitative estimate of drug-likeness (QED) is 0.710. The first-order chi connectivity index (χ1) is 10.0. The topological polar surface area (TPSA) is 56.1 Å². The van der Waals surface area contributed by atoms with E-state index in [2.05, 4.69) is 30.5 Å². The van der Waals surface area contributed by atoms with E-state index in [1.165, 1.54) is 0 Å². The summed E-state index contributed by atoms with van der Waals surface area (Å²) in [5.41, 5.74) is 1.42. The van der Waals surface area contributed by atoms with Crippen LogP contribution >= 0.6 is 11.8 Å². The molecule has 0 aliphatic carbocycles. The SMILES string of the molecule is CCOC(=O)c1cnn(C)c1CNCC(CC)(CC)SC. The molecule has 0 fully saturated rings. The zero-order chi connectivity index (χ0) is 15.9. The third-order valence-corrected chi connectivity index (χ3v) is 5.61. The average molecular weight is 313 g/mol. The molecule has 0 saturated carbocycles. The average Bonchev–Trinajstić information content (AvgIpc) is 2.86. The summed E-state index contributed by atoms with van der Waals surface area (Å²) < 4.78 is 7.06. The third-order valence-electron chi connectivity index (χ3n) is 4.02. The van der Waals surface area contributed by atoms with Crippen LogP contribution in [0.2, 0.25) is 0 Å². The molecule has 120 valence electrons. The number of aryl methyl sites for hydroxylation is 1. The molecule has 0 atom stereocenters. The maximum absolute atomic E-state index is 11.9. The number of aromatic nitrogens is 2. The molecule has 5 nitrogen and oxygen atoms in total. The summed E-state index contributed by atoms with van der Waals surface area (Å²) >= 11 is 1.90. The van der Waals surface area contributed by atoms with Gasteiger partial charge in [0.15, 0.2) is 0 Å². The molecule has 0 bridgehead atoms. The van der Waals surface area contributed by atoms with Crippen molar-refractivity contribution in [2.45, 2.75) is 44.9 Å². The number of hydrogen-bond donors (Lipinski definition) is 1. The van der Waals surface area contributed by atoms with Crippen molar-refractivity contribution in [3.63, 3.8) is 0 Å². The zero-order valence-corrected chi connectivity index (χ0v) is 14.5. The highest BCUT2D eigenvalue weighted by atomic mass is 32.2. The molecule has 1 N–H and O–H groups in total. The molecule has 0 radical (unpaired) electrons. The first kappa shape index (κ1) is 18.0. The molecule has 0 amide bonds. The number of thioether (sulfide) groups is 1. The monoisotopic (exact) mass is 313 g/mol. The van der Waals surface area contributed by atoms with Gasteiger partial charge in [-0.3, -0.25) is 4.68 Å². The van der Waals surface area contributed by atoms with Gasteiger partial charge in [-0.2, -0.15) is 16.9 Å². The Bertz CT molecular complexity index is 448. The van der Waals surface area contributed by atoms with Gasteiger partial charge in [0.2, 0.25) is 0 Å². The number of carbonyl (C=O) groups excluding carboxylic acids is 1. The van der Waals surface area contributed by atoms with Gasteiger partial charge in [-0.05, 0) is 26.0 Å². The van der Waals surface area contributed by atoms with Crippen LogP contribution in [-0.4, -0.2) is 39.9 Å². The van der Waals surface area contributed by atoms with E-state index in [9.17, 15) is 4.79 Å². The van der Waals surface area contributed by atoms with E-state index >= 15 is 0 Å². The number of rotatable bonds is 9. The minimum Gasteiger partial charge on any atom is -0.462 e. The van der Waals surface area contributed by atoms with Crippen LogP contribution in [0.1, 0.15) is 49.7 Å². The van der Waals surface area contributed by atoms with Crippen molar-refractivity contribution in [3.05, 3.63) is 17.5 Å². The Morgan fingerprint density at radius 3 is 2.62 bits per heavy atom. The van der Waals surface area contributed by atoms with Crippen LogP contribution < -0.4 is 5.32 Å². The molecule has 0 unspecified atom stereocenters. The molecule has 6 heteroatoms. The second-order valence-corrected chi connectivity index (χ2v) is 6.32. The van der Waals surface area contributed by atoms with Gasteiger partial charge in [0.1, 0.15) is 5.56 Å². The molecule has 0 aliphatic heterocycles. The zero-order valence-electron chi connectivity index (χ0n) is 13.7. The fraction of sp³-hybridized carbons (Fsp3) is 0.733. The molecule has 1 aromatic rings. The Balaban J connectivity index is 2.71. The van der Waals surface area contributed by atoms with E-state index in [1.807, 2.05) is 25.7 Å². The van der Waals surface area contributed by atoms with Crippen LogP contribution in [0.25, 0.3) is 0 Å². The molecule has 0 aliphatic rings. The van der Waals surface area contributed by atoms with E-state index in [4.69, 9.17) is 4.74 Å². The predicted octanol–water partition coefficient (Wildman–Crippen LogP) is 2.61. The summed E-state index contributed by atoms with van der Waals surface area (Å²) in [6.45, 7) is 8.15. The summed E-state index contributed by atoms with van der Waals surface area (Å²) in [6, 6.07) is 0. The Morgan fingerprint density at radius 2 is 2.10 bits per heavy atom. The van der Waals surface area contributed by atoms with Crippen LogP contribution in [-0.2, 0) is 18.3 Å². The van der Waals surface area contributed by atoms with Crippen molar-refractivity contribution >= 4 is 17.7 Å². The summed E-state index contributed by atoms with van der Waals surface area (Å²) in [4.78, 5) is 11.9. The lowest BCUT2D eigenvalue weighted by atomic mass is 10.0. The van der Waals surface area contributed by atoms with E-state index in [1.54, 1.807) is 10.9 Å². The van der Waals surface area contributed by atoms with Gasteiger partial charge in [-0.1, -0.05) is 13.8 Å². The van der Waals surface area contributed by atoms with Crippen LogP contribution in [0.3, 0.4) is 0 Å². The van der Waals surface area contributed by atoms with E-state index in [0.29, 0.717) is 18.7 Å². The third kappa shape index (κ3) is 4.48. The lowest BCUT2D eigenvalue weighted by Crippen LogP contribution is -2.36. The highest BCUT2D eigenvalue weighted by Gasteiger charge is 2.25. The second-order valence-electron chi connectivity index (χ2n) is 5.05. The Labute approximate surface area is 131 Å². The standard InChI is InChI=1S/C15H27N3O2S/c1-6-15(7-2,21-5)11-16-10-13-12(9-17-18(13)4)14(19)20-8-3/h9,16H,6-8,10-11H2,1-5H3. The number of hydrogen-bond acceptors (Lipinski definition) is 5. The summed E-state index contributed by atoms with van der Waals surface area (Å²) in [5.74, 6) is -0.301. The van der Waals surface area contributed by atoms with Crippen LogP contribution in [0.5, 0.6) is 0 Å². The van der Waals surface area contributed by atoms with Crippen molar-refractivity contribution in [2.75, 3.05) is 19.4 Å². The maximum Gasteiger partial charge on any atom is 0.341 e. The molecular formula is C15H27N3O2S. The molecule has 0 aromatic carbocycles. The number of carbonyl (C=O) groups is 1. The molecule has 1 heterocycles. The minimum absolute atomic E-state index is 0.253. The van der Waals surface area contributed by atoms with Gasteiger partial charge >= 0.3 is 5.97 Å². The summed E-state index contributed by atoms with van der Waals surface area (Å²) in [7, 11) is 1.85. The first-order valence-corrected chi connectivity index (χ1v) is 8.69. The Hall–Kier alpha value is -1.01. The fourth-order valence-electron chi connectivity index (χ4n) is 2.32. The first-order valence-electron chi connectivity index (χ1n) is 7.47. The molecule has 0 spiro atoms. The van der Waals surface area contributed by atoms with Gasteiger partial charge in [0.25, 0.3) is 0 Å². The van der Waals surface area contributed by atoms with Gasteiger partial charge in [-0.25, -0.2) is 4.79 Å². The fourth-order valence-corrected chi connectivity index (χ4v) is 3.15. The molecule has 21 heavy (non-hydrogen) atoms. The summed E-state index contributed by atoms with van der Waals surface area (Å²) in [6.07, 6.45) is 5.97. The van der Waals surface area contributed by atoms with Crippen molar-refractivity contribution < 1.29 is 9.53 Å². The predicted molar refractivity (Wildman–Crippen MR) is 87.7 cm³/mol. The van der Waals surface area contributed by atoms with Crippen molar-refractivity contribution in [3.8, 4) is 0 Å². The number of esters is 1. The van der Waals surface area contributed by atoms with Crippen LogP contribution in [0, 0.1) is 0 Å². The Morgan fingerprint density at radius 1 is 1.43 bits per heavy atom. The van der Waals surface area contributed by atoms with Gasteiger partial charge in [0.05, 0.1) is 18.5 Å². The van der Waals surface area contributed by atoms with E-state index < -0.39 is 0 Å². The maximum atomic E-state index is 11.9. The molecular weight excluding hydrogens is 286 g/mol. The summed E-state index contributed by atoms with van der Waals surface area (Å²) in [5, 5.41) is 7.64. The number of nitrogens with one attached hydrogen (secondary N) is 1. The number of ether oxygens (including phenoxy) is 1. The molecule has 1 rings (SSSR count). The van der Waals surface area contributed by atoms with Crippen molar-refractivity contribution in [1.29, 1.82) is 0 Å². The van der Waals surface area contributed by atoms with Crippen molar-refractivity contribution in [2.24, 2.45) is 7.05 Å². The lowest BCUT2D eigenvalue weighted by Gasteiger charge is -2.30. The highest BCUT2D eigenvalue weighted by molar-refractivity contribution is 8.00. The van der Waals surface area contributed by atoms with E-state index in [-0.39, 0.29) is 10.7 Å². The van der Waals surface area contributed by atoms with Gasteiger partial charge in [-0.15, -0.1) is 0 Å². The minimum atomic E-state index is -0.301. The van der Waals surface area contributed by atoms with Gasteiger partial charge < -0.3 is 10.1 Å². The smallest absolute Gasteiger partial charge is 0.341 e.